The molecule has 0 bridgehead atoms. The molecule has 0 aromatic carbocycles. The Hall–Kier alpha value is -1.38. The molecule has 19 heavy (non-hydrogen) atoms. The molecule has 0 atom stereocenters. The highest BCUT2D eigenvalue weighted by Gasteiger charge is 2.52. The Morgan fingerprint density at radius 3 is 2.42 bits per heavy atom. The van der Waals surface area contributed by atoms with Crippen LogP contribution >= 0.6 is 0 Å². The van der Waals surface area contributed by atoms with Gasteiger partial charge in [-0.15, -0.1) is 0 Å². The van der Waals surface area contributed by atoms with Crippen molar-refractivity contribution in [3.05, 3.63) is 23.9 Å². The summed E-state index contributed by atoms with van der Waals surface area (Å²) in [4.78, 5) is 4.52. The lowest BCUT2D eigenvalue weighted by Gasteiger charge is -2.32. The predicted molar refractivity (Wildman–Crippen MR) is 73.9 cm³/mol. The molecule has 4 nitrogen and oxygen atoms in total. The van der Waals surface area contributed by atoms with E-state index < -0.39 is 7.12 Å². The topological polar surface area (TPSA) is 55.1 Å². The van der Waals surface area contributed by atoms with Crippen LogP contribution in [0.5, 0.6) is 0 Å². The van der Waals surface area contributed by atoms with Crippen molar-refractivity contribution in [2.45, 2.75) is 51.7 Å². The lowest BCUT2D eigenvalue weighted by Crippen LogP contribution is -2.41. The van der Waals surface area contributed by atoms with Gasteiger partial charge in [0.1, 0.15) is 0 Å². The van der Waals surface area contributed by atoms with Crippen LogP contribution in [-0.2, 0) is 15.7 Å². The van der Waals surface area contributed by atoms with E-state index in [0.29, 0.717) is 12.8 Å². The maximum Gasteiger partial charge on any atom is 0.514 e. The van der Waals surface area contributed by atoms with Gasteiger partial charge in [0.2, 0.25) is 0 Å². The normalized spacial score (nSPS) is 20.3. The number of nitrogens with zero attached hydrogens (tertiary/aromatic N) is 2. The van der Waals surface area contributed by atoms with Crippen LogP contribution in [0.1, 0.15) is 39.8 Å². The summed E-state index contributed by atoms with van der Waals surface area (Å²) in [6.45, 7) is 8.08. The largest absolute Gasteiger partial charge is 0.514 e. The van der Waals surface area contributed by atoms with Crippen molar-refractivity contribution in [1.82, 2.24) is 4.98 Å². The summed E-state index contributed by atoms with van der Waals surface area (Å²) in [5.41, 5.74) is 0.951. The van der Waals surface area contributed by atoms with Gasteiger partial charge >= 0.3 is 7.12 Å². The number of hydrogen-bond donors (Lipinski definition) is 0. The predicted octanol–water partition coefficient (Wildman–Crippen LogP) is 1.84. The van der Waals surface area contributed by atoms with Gasteiger partial charge in [0.15, 0.2) is 0 Å². The lowest BCUT2D eigenvalue weighted by atomic mass is 9.84. The van der Waals surface area contributed by atoms with Gasteiger partial charge in [0.25, 0.3) is 0 Å². The first-order chi connectivity index (χ1) is 8.86. The highest BCUT2D eigenvalue weighted by molar-refractivity contribution is 6.61. The molecular formula is C14H19BN2O2. The zero-order chi connectivity index (χ0) is 14.1. The third-order valence-electron chi connectivity index (χ3n) is 3.82. The summed E-state index contributed by atoms with van der Waals surface area (Å²) in [5.74, 6) is 0. The minimum Gasteiger partial charge on any atom is -0.398 e. The van der Waals surface area contributed by atoms with Crippen LogP contribution in [0.15, 0.2) is 18.2 Å². The Bertz CT molecular complexity index is 492. The van der Waals surface area contributed by atoms with Crippen LogP contribution in [0.3, 0.4) is 0 Å². The van der Waals surface area contributed by atoms with Gasteiger partial charge in [-0.3, -0.25) is 4.98 Å². The molecule has 100 valence electrons. The fourth-order valence-electron chi connectivity index (χ4n) is 1.92. The molecule has 1 aromatic heterocycles. The monoisotopic (exact) mass is 258 g/mol. The van der Waals surface area contributed by atoms with Gasteiger partial charge in [-0.2, -0.15) is 5.26 Å². The van der Waals surface area contributed by atoms with Gasteiger partial charge in [-0.1, -0.05) is 6.07 Å². The second-order valence-electron chi connectivity index (χ2n) is 5.80. The van der Waals surface area contributed by atoms with E-state index in [1.807, 2.05) is 45.9 Å². The zero-order valence-corrected chi connectivity index (χ0v) is 11.9. The van der Waals surface area contributed by atoms with Crippen molar-refractivity contribution in [2.75, 3.05) is 0 Å². The number of pyridine rings is 1. The number of rotatable bonds is 3. The van der Waals surface area contributed by atoms with E-state index in [4.69, 9.17) is 14.6 Å². The van der Waals surface area contributed by atoms with Crippen LogP contribution in [0, 0.1) is 11.3 Å². The van der Waals surface area contributed by atoms with E-state index >= 15 is 0 Å². The summed E-state index contributed by atoms with van der Waals surface area (Å²) in [6, 6.07) is 7.88. The molecule has 0 amide bonds. The first kappa shape index (κ1) is 14.0. The van der Waals surface area contributed by atoms with Gasteiger partial charge in [0, 0.05) is 18.5 Å². The summed E-state index contributed by atoms with van der Waals surface area (Å²) < 4.78 is 11.9. The van der Waals surface area contributed by atoms with Gasteiger partial charge in [-0.05, 0) is 39.8 Å². The SMILES string of the molecule is CC1(C)OB(c2cccc(CCC#N)n2)OC1(C)C. The Balaban J connectivity index is 2.18. The van der Waals surface area contributed by atoms with E-state index in [2.05, 4.69) is 11.1 Å². The average Bonchev–Trinajstić information content (AvgIpc) is 2.56. The Morgan fingerprint density at radius 1 is 1.21 bits per heavy atom. The van der Waals surface area contributed by atoms with Crippen LogP contribution < -0.4 is 5.59 Å². The molecule has 0 N–H and O–H groups in total. The minimum absolute atomic E-state index is 0.359. The molecule has 0 unspecified atom stereocenters. The van der Waals surface area contributed by atoms with Crippen LogP contribution in [-0.4, -0.2) is 23.3 Å². The highest BCUT2D eigenvalue weighted by atomic mass is 16.7. The van der Waals surface area contributed by atoms with Crippen molar-refractivity contribution >= 4 is 12.7 Å². The number of aromatic nitrogens is 1. The number of hydrogen-bond acceptors (Lipinski definition) is 4. The first-order valence-electron chi connectivity index (χ1n) is 6.54. The molecule has 5 heteroatoms. The first-order valence-corrected chi connectivity index (χ1v) is 6.54. The standard InChI is InChI=1S/C14H19BN2O2/c1-13(2)14(3,4)19-15(18-13)12-9-5-7-11(17-12)8-6-10-16/h5,7,9H,6,8H2,1-4H3. The molecule has 1 aromatic rings. The second-order valence-corrected chi connectivity index (χ2v) is 5.80. The maximum absolute atomic E-state index is 8.62. The second kappa shape index (κ2) is 4.95. The van der Waals surface area contributed by atoms with Crippen molar-refractivity contribution in [2.24, 2.45) is 0 Å². The fourth-order valence-corrected chi connectivity index (χ4v) is 1.92. The molecule has 1 fully saturated rings. The smallest absolute Gasteiger partial charge is 0.398 e. The summed E-state index contributed by atoms with van der Waals surface area (Å²) >= 11 is 0. The van der Waals surface area contributed by atoms with Crippen LogP contribution in [0.2, 0.25) is 0 Å². The quantitative estimate of drug-likeness (QED) is 0.776. The van der Waals surface area contributed by atoms with Gasteiger partial charge in [0.05, 0.1) is 22.9 Å². The minimum atomic E-state index is -0.438. The molecule has 0 saturated carbocycles. The number of aryl methyl sites for hydroxylation is 1. The summed E-state index contributed by atoms with van der Waals surface area (Å²) in [7, 11) is -0.438. The van der Waals surface area contributed by atoms with Crippen molar-refractivity contribution < 1.29 is 9.31 Å². The fraction of sp³-hybridized carbons (Fsp3) is 0.571. The third kappa shape index (κ3) is 2.80. The van der Waals surface area contributed by atoms with Crippen LogP contribution in [0.4, 0.5) is 0 Å². The molecule has 1 aliphatic heterocycles. The molecule has 2 rings (SSSR count). The Kier molecular flexibility index (Phi) is 3.66. The van der Waals surface area contributed by atoms with E-state index in [1.54, 1.807) is 0 Å². The Morgan fingerprint density at radius 2 is 1.84 bits per heavy atom. The molecule has 0 aliphatic carbocycles. The van der Waals surface area contributed by atoms with Gasteiger partial charge in [-0.25, -0.2) is 0 Å². The highest BCUT2D eigenvalue weighted by Crippen LogP contribution is 2.36. The van der Waals surface area contributed by atoms with Crippen molar-refractivity contribution in [1.29, 1.82) is 5.26 Å². The maximum atomic E-state index is 8.62. The molecule has 2 heterocycles. The number of nitriles is 1. The average molecular weight is 258 g/mol. The van der Waals surface area contributed by atoms with E-state index in [9.17, 15) is 0 Å². The zero-order valence-electron chi connectivity index (χ0n) is 11.9. The van der Waals surface area contributed by atoms with E-state index in [1.165, 1.54) is 0 Å². The van der Waals surface area contributed by atoms with E-state index in [-0.39, 0.29) is 11.2 Å². The molecule has 0 radical (unpaired) electrons. The summed E-state index contributed by atoms with van der Waals surface area (Å²) in [5, 5.41) is 8.62. The summed E-state index contributed by atoms with van der Waals surface area (Å²) in [6.07, 6.45) is 1.13. The lowest BCUT2D eigenvalue weighted by molar-refractivity contribution is 0.00578. The van der Waals surface area contributed by atoms with E-state index in [0.717, 1.165) is 11.3 Å². The molecule has 0 spiro atoms. The third-order valence-corrected chi connectivity index (χ3v) is 3.82. The molecule has 1 aliphatic rings. The molecule has 1 saturated heterocycles. The van der Waals surface area contributed by atoms with Crippen molar-refractivity contribution in [3.63, 3.8) is 0 Å². The van der Waals surface area contributed by atoms with Crippen LogP contribution in [0.25, 0.3) is 0 Å². The Labute approximate surface area is 114 Å². The van der Waals surface area contributed by atoms with Gasteiger partial charge < -0.3 is 9.31 Å². The van der Waals surface area contributed by atoms with Crippen molar-refractivity contribution in [3.8, 4) is 6.07 Å². The molecular weight excluding hydrogens is 239 g/mol.